The van der Waals surface area contributed by atoms with E-state index in [4.69, 9.17) is 14.9 Å². The van der Waals surface area contributed by atoms with Gasteiger partial charge in [0.05, 0.1) is 11.5 Å². The lowest BCUT2D eigenvalue weighted by Gasteiger charge is -2.27. The zero-order valence-corrected chi connectivity index (χ0v) is 9.90. The molecule has 0 fully saturated rings. The number of carboxylic acid groups (broad SMARTS) is 1. The van der Waals surface area contributed by atoms with Gasteiger partial charge in [-0.25, -0.2) is 4.57 Å². The van der Waals surface area contributed by atoms with Crippen LogP contribution in [-0.2, 0) is 13.9 Å². The second-order valence-electron chi connectivity index (χ2n) is 3.99. The lowest BCUT2D eigenvalue weighted by Crippen LogP contribution is -2.29. The first-order valence-corrected chi connectivity index (χ1v) is 6.09. The van der Waals surface area contributed by atoms with Crippen LogP contribution in [0.3, 0.4) is 0 Å². The van der Waals surface area contributed by atoms with Crippen molar-refractivity contribution in [3.63, 3.8) is 0 Å². The molecular formula is C8H17O6P. The van der Waals surface area contributed by atoms with Gasteiger partial charge in [0.15, 0.2) is 0 Å². The van der Waals surface area contributed by atoms with E-state index in [9.17, 15) is 9.36 Å². The van der Waals surface area contributed by atoms with Gasteiger partial charge in [-0.2, -0.15) is 0 Å². The first-order valence-electron chi connectivity index (χ1n) is 4.56. The molecule has 1 atom stereocenters. The Morgan fingerprint density at radius 1 is 1.47 bits per heavy atom. The second kappa shape index (κ2) is 5.07. The van der Waals surface area contributed by atoms with E-state index in [1.54, 1.807) is 6.92 Å². The maximum atomic E-state index is 10.7. The van der Waals surface area contributed by atoms with Crippen molar-refractivity contribution in [1.29, 1.82) is 0 Å². The van der Waals surface area contributed by atoms with E-state index in [2.05, 4.69) is 4.52 Å². The summed E-state index contributed by atoms with van der Waals surface area (Å²) in [6.07, 6.45) is 0.452. The van der Waals surface area contributed by atoms with Crippen LogP contribution in [0, 0.1) is 5.92 Å². The Hall–Kier alpha value is -0.420. The highest BCUT2D eigenvalue weighted by Gasteiger charge is 2.33. The normalized spacial score (nSPS) is 15.0. The van der Waals surface area contributed by atoms with Gasteiger partial charge in [0, 0.05) is 0 Å². The van der Waals surface area contributed by atoms with E-state index in [1.807, 2.05) is 0 Å². The van der Waals surface area contributed by atoms with Gasteiger partial charge in [0.1, 0.15) is 0 Å². The van der Waals surface area contributed by atoms with Gasteiger partial charge in [-0.05, 0) is 26.7 Å². The number of carbonyl (C=O) groups is 1. The minimum absolute atomic E-state index is 0.0595. The molecule has 0 aromatic rings. The summed E-state index contributed by atoms with van der Waals surface area (Å²) in [5.74, 6) is -1.65. The number of phosphoric acid groups is 1. The van der Waals surface area contributed by atoms with Crippen molar-refractivity contribution < 1.29 is 28.8 Å². The third kappa shape index (κ3) is 6.62. The number of hydrogen-bond acceptors (Lipinski definition) is 3. The summed E-state index contributed by atoms with van der Waals surface area (Å²) in [7, 11) is -4.58. The number of phosphoric ester groups is 1. The summed E-state index contributed by atoms with van der Waals surface area (Å²) in [6.45, 7) is 4.61. The van der Waals surface area contributed by atoms with Crippen molar-refractivity contribution >= 4 is 13.8 Å². The van der Waals surface area contributed by atoms with Crippen molar-refractivity contribution in [2.24, 2.45) is 5.92 Å². The van der Waals surface area contributed by atoms with Gasteiger partial charge < -0.3 is 14.9 Å². The molecule has 0 aliphatic heterocycles. The zero-order valence-electron chi connectivity index (χ0n) is 9.01. The van der Waals surface area contributed by atoms with Crippen LogP contribution in [0.5, 0.6) is 0 Å². The predicted molar refractivity (Wildman–Crippen MR) is 53.2 cm³/mol. The average molecular weight is 240 g/mol. The molecule has 7 heteroatoms. The van der Waals surface area contributed by atoms with Crippen LogP contribution in [0.1, 0.15) is 33.6 Å². The molecule has 0 spiro atoms. The standard InChI is InChI=1S/C8H17O6P/c1-4-6(7(9)10)5-8(2,3)14-15(11,12)13/h6H,4-5H2,1-3H3,(H,9,10)(H2,11,12,13). The third-order valence-corrected chi connectivity index (χ3v) is 2.68. The molecule has 0 aliphatic carbocycles. The maximum Gasteiger partial charge on any atom is 0.470 e. The summed E-state index contributed by atoms with van der Waals surface area (Å²) in [6, 6.07) is 0. The van der Waals surface area contributed by atoms with Crippen LogP contribution in [0.4, 0.5) is 0 Å². The van der Waals surface area contributed by atoms with Crippen LogP contribution in [0.2, 0.25) is 0 Å². The van der Waals surface area contributed by atoms with Crippen LogP contribution < -0.4 is 0 Å². The number of aliphatic carboxylic acids is 1. The maximum absolute atomic E-state index is 10.7. The van der Waals surface area contributed by atoms with Crippen LogP contribution in [0.15, 0.2) is 0 Å². The Bertz CT molecular complexity index is 268. The van der Waals surface area contributed by atoms with Crippen molar-refractivity contribution in [2.45, 2.75) is 39.2 Å². The molecule has 0 aromatic carbocycles. The molecule has 0 aromatic heterocycles. The molecule has 0 saturated carbocycles. The Kier molecular flexibility index (Phi) is 4.93. The van der Waals surface area contributed by atoms with E-state index in [0.29, 0.717) is 6.42 Å². The fourth-order valence-corrected chi connectivity index (χ4v) is 2.08. The summed E-state index contributed by atoms with van der Waals surface area (Å²) >= 11 is 0. The van der Waals surface area contributed by atoms with E-state index < -0.39 is 25.3 Å². The molecule has 0 rings (SSSR count). The summed E-state index contributed by atoms with van der Waals surface area (Å²) < 4.78 is 15.1. The van der Waals surface area contributed by atoms with E-state index in [1.165, 1.54) is 13.8 Å². The molecule has 0 aliphatic rings. The molecule has 0 bridgehead atoms. The van der Waals surface area contributed by atoms with Crippen LogP contribution in [-0.4, -0.2) is 26.5 Å². The van der Waals surface area contributed by atoms with Crippen LogP contribution >= 0.6 is 7.82 Å². The van der Waals surface area contributed by atoms with E-state index in [-0.39, 0.29) is 6.42 Å². The largest absolute Gasteiger partial charge is 0.481 e. The van der Waals surface area contributed by atoms with Crippen molar-refractivity contribution in [3.8, 4) is 0 Å². The molecule has 0 amide bonds. The minimum atomic E-state index is -4.58. The fraction of sp³-hybridized carbons (Fsp3) is 0.875. The number of rotatable bonds is 6. The van der Waals surface area contributed by atoms with Crippen molar-refractivity contribution in [1.82, 2.24) is 0 Å². The Morgan fingerprint density at radius 3 is 2.20 bits per heavy atom. The first-order chi connectivity index (χ1) is 6.57. The third-order valence-electron chi connectivity index (χ3n) is 1.95. The molecule has 90 valence electrons. The Morgan fingerprint density at radius 2 is 1.93 bits per heavy atom. The second-order valence-corrected chi connectivity index (χ2v) is 5.15. The number of hydrogen-bond donors (Lipinski definition) is 3. The lowest BCUT2D eigenvalue weighted by molar-refractivity contribution is -0.143. The summed E-state index contributed by atoms with van der Waals surface area (Å²) in [4.78, 5) is 28.0. The molecule has 0 heterocycles. The minimum Gasteiger partial charge on any atom is -0.481 e. The number of carboxylic acids is 1. The van der Waals surface area contributed by atoms with Gasteiger partial charge in [-0.15, -0.1) is 0 Å². The molecule has 0 radical (unpaired) electrons. The smallest absolute Gasteiger partial charge is 0.470 e. The summed E-state index contributed by atoms with van der Waals surface area (Å²) in [5.41, 5.74) is -1.15. The highest BCUT2D eigenvalue weighted by Crippen LogP contribution is 2.43. The molecule has 0 saturated heterocycles. The lowest BCUT2D eigenvalue weighted by atomic mass is 9.92. The first kappa shape index (κ1) is 14.6. The van der Waals surface area contributed by atoms with Crippen molar-refractivity contribution in [3.05, 3.63) is 0 Å². The molecular weight excluding hydrogens is 223 g/mol. The van der Waals surface area contributed by atoms with E-state index >= 15 is 0 Å². The SMILES string of the molecule is CCC(CC(C)(C)OP(=O)(O)O)C(=O)O. The van der Waals surface area contributed by atoms with Crippen LogP contribution in [0.25, 0.3) is 0 Å². The summed E-state index contributed by atoms with van der Waals surface area (Å²) in [5, 5.41) is 8.79. The Labute approximate surface area is 88.5 Å². The zero-order chi connectivity index (χ0) is 12.3. The molecule has 6 nitrogen and oxygen atoms in total. The van der Waals surface area contributed by atoms with Gasteiger partial charge in [0.25, 0.3) is 0 Å². The topological polar surface area (TPSA) is 104 Å². The molecule has 15 heavy (non-hydrogen) atoms. The highest BCUT2D eigenvalue weighted by atomic mass is 31.2. The van der Waals surface area contributed by atoms with Gasteiger partial charge >= 0.3 is 13.8 Å². The van der Waals surface area contributed by atoms with Crippen molar-refractivity contribution in [2.75, 3.05) is 0 Å². The highest BCUT2D eigenvalue weighted by molar-refractivity contribution is 7.46. The predicted octanol–water partition coefficient (Wildman–Crippen LogP) is 1.38. The van der Waals surface area contributed by atoms with Gasteiger partial charge in [-0.3, -0.25) is 9.32 Å². The quantitative estimate of drug-likeness (QED) is 0.606. The Balaban J connectivity index is 4.48. The molecule has 3 N–H and O–H groups in total. The monoisotopic (exact) mass is 240 g/mol. The fourth-order valence-electron chi connectivity index (χ4n) is 1.36. The van der Waals surface area contributed by atoms with E-state index in [0.717, 1.165) is 0 Å². The van der Waals surface area contributed by atoms with Gasteiger partial charge in [0.2, 0.25) is 0 Å². The van der Waals surface area contributed by atoms with Gasteiger partial charge in [-0.1, -0.05) is 6.92 Å². The average Bonchev–Trinajstić information content (AvgIpc) is 1.94. The molecule has 1 unspecified atom stereocenters.